The van der Waals surface area contributed by atoms with E-state index in [9.17, 15) is 9.59 Å². The van der Waals surface area contributed by atoms with E-state index in [2.05, 4.69) is 0 Å². The lowest BCUT2D eigenvalue weighted by atomic mass is 10.2. The molecule has 2 amide bonds. The molecule has 1 fully saturated rings. The molecule has 0 spiro atoms. The average molecular weight is 309 g/mol. The summed E-state index contributed by atoms with van der Waals surface area (Å²) in [5.41, 5.74) is 0.607. The minimum absolute atomic E-state index is 0.0118. The molecule has 5 heteroatoms. The number of benzene rings is 1. The van der Waals surface area contributed by atoms with Crippen molar-refractivity contribution in [2.24, 2.45) is 0 Å². The zero-order chi connectivity index (χ0) is 15.2. The fourth-order valence-corrected chi connectivity index (χ4v) is 2.74. The van der Waals surface area contributed by atoms with Gasteiger partial charge in [-0.15, -0.1) is 0 Å². The number of halogens is 1. The molecule has 1 aliphatic heterocycles. The van der Waals surface area contributed by atoms with Gasteiger partial charge in [-0.3, -0.25) is 9.59 Å². The van der Waals surface area contributed by atoms with Crippen LogP contribution in [0.2, 0.25) is 5.02 Å². The summed E-state index contributed by atoms with van der Waals surface area (Å²) in [6.07, 6.45) is 2.27. The quantitative estimate of drug-likeness (QED) is 0.861. The maximum Gasteiger partial charge on any atom is 0.253 e. The number of nitrogens with zero attached hydrogens (tertiary/aromatic N) is 2. The molecular formula is C16H21ClN2O2. The molecular weight excluding hydrogens is 288 g/mol. The van der Waals surface area contributed by atoms with E-state index in [4.69, 9.17) is 11.6 Å². The van der Waals surface area contributed by atoms with Gasteiger partial charge in [0.1, 0.15) is 0 Å². The predicted molar refractivity (Wildman–Crippen MR) is 83.5 cm³/mol. The van der Waals surface area contributed by atoms with E-state index in [-0.39, 0.29) is 11.8 Å². The van der Waals surface area contributed by atoms with Crippen molar-refractivity contribution >= 4 is 23.4 Å². The van der Waals surface area contributed by atoms with E-state index >= 15 is 0 Å². The summed E-state index contributed by atoms with van der Waals surface area (Å²) >= 11 is 5.94. The third kappa shape index (κ3) is 4.21. The third-order valence-corrected chi connectivity index (χ3v) is 3.91. The molecule has 1 heterocycles. The topological polar surface area (TPSA) is 40.6 Å². The van der Waals surface area contributed by atoms with Crippen LogP contribution < -0.4 is 0 Å². The molecule has 1 aliphatic rings. The van der Waals surface area contributed by atoms with Crippen molar-refractivity contribution in [3.8, 4) is 0 Å². The zero-order valence-electron chi connectivity index (χ0n) is 12.3. The standard InChI is InChI=1S/C16H21ClN2O2/c1-2-5-15(20)18-8-4-9-19(11-10-18)16(21)13-6-3-7-14(17)12-13/h3,6-7,12H,2,4-5,8-11H2,1H3. The monoisotopic (exact) mass is 308 g/mol. The molecule has 0 aromatic heterocycles. The molecule has 0 saturated carbocycles. The van der Waals surface area contributed by atoms with Crippen molar-refractivity contribution in [1.29, 1.82) is 0 Å². The minimum Gasteiger partial charge on any atom is -0.341 e. The molecule has 0 unspecified atom stereocenters. The fourth-order valence-electron chi connectivity index (χ4n) is 2.55. The number of rotatable bonds is 3. The summed E-state index contributed by atoms with van der Waals surface area (Å²) in [6.45, 7) is 4.62. The van der Waals surface area contributed by atoms with E-state index in [1.807, 2.05) is 16.7 Å². The lowest BCUT2D eigenvalue weighted by Crippen LogP contribution is -2.37. The molecule has 114 valence electrons. The summed E-state index contributed by atoms with van der Waals surface area (Å²) in [6, 6.07) is 7.00. The molecule has 0 bridgehead atoms. The number of carbonyl (C=O) groups excluding carboxylic acids is 2. The molecule has 0 aliphatic carbocycles. The second-order valence-corrected chi connectivity index (χ2v) is 5.72. The molecule has 0 N–H and O–H groups in total. The van der Waals surface area contributed by atoms with Gasteiger partial charge < -0.3 is 9.80 Å². The zero-order valence-corrected chi connectivity index (χ0v) is 13.1. The van der Waals surface area contributed by atoms with Crippen molar-refractivity contribution in [2.75, 3.05) is 26.2 Å². The van der Waals surface area contributed by atoms with Crippen molar-refractivity contribution in [1.82, 2.24) is 9.80 Å². The summed E-state index contributed by atoms with van der Waals surface area (Å²) in [5.74, 6) is 0.178. The first-order valence-corrected chi connectivity index (χ1v) is 7.82. The van der Waals surface area contributed by atoms with Gasteiger partial charge in [0.25, 0.3) is 5.91 Å². The maximum absolute atomic E-state index is 12.5. The van der Waals surface area contributed by atoms with Crippen LogP contribution in [-0.4, -0.2) is 47.8 Å². The Morgan fingerprint density at radius 1 is 1.14 bits per heavy atom. The highest BCUT2D eigenvalue weighted by molar-refractivity contribution is 6.30. The molecule has 1 saturated heterocycles. The van der Waals surface area contributed by atoms with Gasteiger partial charge in [-0.2, -0.15) is 0 Å². The van der Waals surface area contributed by atoms with E-state index in [1.165, 1.54) is 0 Å². The number of amides is 2. The fraction of sp³-hybridized carbons (Fsp3) is 0.500. The van der Waals surface area contributed by atoms with E-state index in [1.54, 1.807) is 24.3 Å². The number of hydrogen-bond donors (Lipinski definition) is 0. The van der Waals surface area contributed by atoms with Crippen molar-refractivity contribution in [3.63, 3.8) is 0 Å². The molecule has 1 aromatic rings. The van der Waals surface area contributed by atoms with Crippen LogP contribution >= 0.6 is 11.6 Å². The highest BCUT2D eigenvalue weighted by Gasteiger charge is 2.22. The van der Waals surface area contributed by atoms with Crippen LogP contribution in [0.3, 0.4) is 0 Å². The van der Waals surface area contributed by atoms with Gasteiger partial charge in [-0.25, -0.2) is 0 Å². The van der Waals surface area contributed by atoms with Gasteiger partial charge in [-0.05, 0) is 31.0 Å². The normalized spacial score (nSPS) is 15.7. The van der Waals surface area contributed by atoms with Gasteiger partial charge in [-0.1, -0.05) is 24.6 Å². The van der Waals surface area contributed by atoms with Crippen LogP contribution in [0.4, 0.5) is 0 Å². The first-order chi connectivity index (χ1) is 10.1. The molecule has 2 rings (SSSR count). The van der Waals surface area contributed by atoms with Gasteiger partial charge >= 0.3 is 0 Å². The third-order valence-electron chi connectivity index (χ3n) is 3.67. The molecule has 0 radical (unpaired) electrons. The minimum atomic E-state index is -0.0118. The van der Waals surface area contributed by atoms with Crippen LogP contribution in [0.1, 0.15) is 36.5 Å². The molecule has 4 nitrogen and oxygen atoms in total. The second kappa shape index (κ2) is 7.46. The van der Waals surface area contributed by atoms with Crippen LogP contribution in [0.25, 0.3) is 0 Å². The second-order valence-electron chi connectivity index (χ2n) is 5.29. The highest BCUT2D eigenvalue weighted by Crippen LogP contribution is 2.14. The molecule has 0 atom stereocenters. The highest BCUT2D eigenvalue weighted by atomic mass is 35.5. The molecule has 1 aromatic carbocycles. The Hall–Kier alpha value is -1.55. The van der Waals surface area contributed by atoms with Crippen LogP contribution in [0.5, 0.6) is 0 Å². The lowest BCUT2D eigenvalue weighted by Gasteiger charge is -2.22. The Morgan fingerprint density at radius 3 is 2.57 bits per heavy atom. The van der Waals surface area contributed by atoms with Crippen LogP contribution in [-0.2, 0) is 4.79 Å². The van der Waals surface area contributed by atoms with Gasteiger partial charge in [0.05, 0.1) is 0 Å². The van der Waals surface area contributed by atoms with Crippen molar-refractivity contribution < 1.29 is 9.59 Å². The van der Waals surface area contributed by atoms with Crippen LogP contribution in [0, 0.1) is 0 Å². The van der Waals surface area contributed by atoms with E-state index in [0.717, 1.165) is 19.4 Å². The summed E-state index contributed by atoms with van der Waals surface area (Å²) in [5, 5.41) is 0.565. The Labute approximate surface area is 130 Å². The van der Waals surface area contributed by atoms with E-state index < -0.39 is 0 Å². The maximum atomic E-state index is 12.5. The SMILES string of the molecule is CCCC(=O)N1CCCN(C(=O)c2cccc(Cl)c2)CC1. The smallest absolute Gasteiger partial charge is 0.253 e. The average Bonchev–Trinajstić information content (AvgIpc) is 2.72. The first kappa shape index (κ1) is 15.8. The lowest BCUT2D eigenvalue weighted by molar-refractivity contribution is -0.131. The summed E-state index contributed by atoms with van der Waals surface area (Å²) < 4.78 is 0. The summed E-state index contributed by atoms with van der Waals surface area (Å²) in [7, 11) is 0. The Balaban J connectivity index is 1.99. The largest absolute Gasteiger partial charge is 0.341 e. The van der Waals surface area contributed by atoms with Crippen molar-refractivity contribution in [2.45, 2.75) is 26.2 Å². The Morgan fingerprint density at radius 2 is 1.86 bits per heavy atom. The van der Waals surface area contributed by atoms with E-state index in [0.29, 0.717) is 36.6 Å². The van der Waals surface area contributed by atoms with Gasteiger partial charge in [0, 0.05) is 43.2 Å². The predicted octanol–water partition coefficient (Wildman–Crippen LogP) is 2.81. The van der Waals surface area contributed by atoms with Gasteiger partial charge in [0.2, 0.25) is 5.91 Å². The summed E-state index contributed by atoms with van der Waals surface area (Å²) in [4.78, 5) is 28.1. The van der Waals surface area contributed by atoms with Crippen LogP contribution in [0.15, 0.2) is 24.3 Å². The van der Waals surface area contributed by atoms with Crippen molar-refractivity contribution in [3.05, 3.63) is 34.9 Å². The number of hydrogen-bond acceptors (Lipinski definition) is 2. The Bertz CT molecular complexity index is 519. The van der Waals surface area contributed by atoms with Gasteiger partial charge in [0.15, 0.2) is 0 Å². The first-order valence-electron chi connectivity index (χ1n) is 7.44. The molecule has 21 heavy (non-hydrogen) atoms. The number of carbonyl (C=O) groups is 2. The Kier molecular flexibility index (Phi) is 5.62.